The molecule has 1 heterocycles. The van der Waals surface area contributed by atoms with Crippen LogP contribution in [0.2, 0.25) is 5.02 Å². The maximum Gasteiger partial charge on any atom is 0.0453 e. The maximum atomic E-state index is 6.34. The van der Waals surface area contributed by atoms with Gasteiger partial charge in [-0.15, -0.1) is 0 Å². The highest BCUT2D eigenvalue weighted by Gasteiger charge is 2.22. The van der Waals surface area contributed by atoms with Gasteiger partial charge in [-0.2, -0.15) is 0 Å². The van der Waals surface area contributed by atoms with E-state index in [0.29, 0.717) is 6.04 Å². The third kappa shape index (κ3) is 4.68. The molecule has 0 saturated carbocycles. The Bertz CT molecular complexity index is 438. The summed E-state index contributed by atoms with van der Waals surface area (Å²) in [4.78, 5) is 5.06. The van der Waals surface area contributed by atoms with Crippen molar-refractivity contribution in [1.82, 2.24) is 9.80 Å². The highest BCUT2D eigenvalue weighted by Crippen LogP contribution is 2.24. The predicted molar refractivity (Wildman–Crippen MR) is 90.8 cm³/mol. The Labute approximate surface area is 134 Å². The molecule has 0 aromatic heterocycles. The molecule has 21 heavy (non-hydrogen) atoms. The van der Waals surface area contributed by atoms with E-state index in [1.54, 1.807) is 0 Å². The van der Waals surface area contributed by atoms with Crippen molar-refractivity contribution in [2.75, 3.05) is 33.2 Å². The molecule has 4 heteroatoms. The lowest BCUT2D eigenvalue weighted by Gasteiger charge is -2.31. The highest BCUT2D eigenvalue weighted by molar-refractivity contribution is 6.31. The second-order valence-electron chi connectivity index (χ2n) is 6.13. The van der Waals surface area contributed by atoms with Crippen LogP contribution in [0.3, 0.4) is 0 Å². The first-order valence-electron chi connectivity index (χ1n) is 8.04. The first-order chi connectivity index (χ1) is 10.1. The fourth-order valence-corrected chi connectivity index (χ4v) is 3.49. The molecule has 1 saturated heterocycles. The summed E-state index contributed by atoms with van der Waals surface area (Å²) in [6.45, 7) is 6.88. The molecule has 0 radical (unpaired) electrons. The van der Waals surface area contributed by atoms with Crippen LogP contribution in [0.4, 0.5) is 0 Å². The molecule has 1 aromatic rings. The molecular weight excluding hydrogens is 282 g/mol. The second kappa shape index (κ2) is 8.14. The fraction of sp³-hybridized carbons (Fsp3) is 0.647. The van der Waals surface area contributed by atoms with Gasteiger partial charge >= 0.3 is 0 Å². The Morgan fingerprint density at radius 1 is 1.33 bits per heavy atom. The van der Waals surface area contributed by atoms with Gasteiger partial charge in [-0.05, 0) is 51.0 Å². The Hall–Kier alpha value is -0.610. The van der Waals surface area contributed by atoms with Gasteiger partial charge in [-0.3, -0.25) is 4.90 Å². The molecule has 1 aliphatic heterocycles. The molecule has 118 valence electrons. The monoisotopic (exact) mass is 309 g/mol. The lowest BCUT2D eigenvalue weighted by Crippen LogP contribution is -2.40. The average molecular weight is 310 g/mol. The van der Waals surface area contributed by atoms with Crippen molar-refractivity contribution in [1.29, 1.82) is 0 Å². The third-order valence-electron chi connectivity index (χ3n) is 4.53. The second-order valence-corrected chi connectivity index (χ2v) is 6.54. The number of hydrogen-bond acceptors (Lipinski definition) is 3. The standard InChI is InChI=1S/C17H28ClN3/c1-3-14-13-20(2)10-6-11-21(14)12-9-17(19)15-7-4-5-8-16(15)18/h4-5,7-8,14,17H,3,6,9-13,19H2,1-2H3. The molecule has 1 aliphatic rings. The summed E-state index contributed by atoms with van der Waals surface area (Å²) < 4.78 is 0. The van der Waals surface area contributed by atoms with Crippen molar-refractivity contribution in [3.8, 4) is 0 Å². The minimum Gasteiger partial charge on any atom is -0.324 e. The molecular formula is C17H28ClN3. The zero-order valence-electron chi connectivity index (χ0n) is 13.3. The Morgan fingerprint density at radius 3 is 2.81 bits per heavy atom. The molecule has 2 atom stereocenters. The van der Waals surface area contributed by atoms with E-state index in [-0.39, 0.29) is 6.04 Å². The van der Waals surface area contributed by atoms with Crippen LogP contribution >= 0.6 is 11.6 Å². The van der Waals surface area contributed by atoms with Crippen LogP contribution < -0.4 is 5.73 Å². The van der Waals surface area contributed by atoms with E-state index in [1.807, 2.05) is 24.3 Å². The SMILES string of the molecule is CCC1CN(C)CCCN1CCC(N)c1ccccc1Cl. The van der Waals surface area contributed by atoms with Crippen molar-refractivity contribution in [3.63, 3.8) is 0 Å². The summed E-state index contributed by atoms with van der Waals surface area (Å²) >= 11 is 6.24. The number of halogens is 1. The summed E-state index contributed by atoms with van der Waals surface area (Å²) in [7, 11) is 2.22. The van der Waals surface area contributed by atoms with Gasteiger partial charge in [0.15, 0.2) is 0 Å². The van der Waals surface area contributed by atoms with Gasteiger partial charge in [-0.25, -0.2) is 0 Å². The molecule has 2 unspecified atom stereocenters. The number of benzene rings is 1. The molecule has 1 fully saturated rings. The van der Waals surface area contributed by atoms with Gasteiger partial charge in [0.25, 0.3) is 0 Å². The molecule has 3 nitrogen and oxygen atoms in total. The van der Waals surface area contributed by atoms with E-state index in [0.717, 1.165) is 30.1 Å². The van der Waals surface area contributed by atoms with E-state index in [4.69, 9.17) is 17.3 Å². The molecule has 0 amide bonds. The van der Waals surface area contributed by atoms with E-state index in [1.165, 1.54) is 25.9 Å². The zero-order chi connectivity index (χ0) is 15.2. The minimum absolute atomic E-state index is 0.0252. The van der Waals surface area contributed by atoms with E-state index in [9.17, 15) is 0 Å². The predicted octanol–water partition coefficient (Wildman–Crippen LogP) is 3.15. The number of nitrogens with two attached hydrogens (primary N) is 1. The summed E-state index contributed by atoms with van der Waals surface area (Å²) in [5, 5.41) is 0.785. The number of likely N-dealkylation sites (N-methyl/N-ethyl adjacent to an activating group) is 1. The summed E-state index contributed by atoms with van der Waals surface area (Å²) in [6.07, 6.45) is 3.41. The van der Waals surface area contributed by atoms with Crippen LogP contribution in [0.1, 0.15) is 37.8 Å². The van der Waals surface area contributed by atoms with Crippen LogP contribution in [0, 0.1) is 0 Å². The van der Waals surface area contributed by atoms with Crippen molar-refractivity contribution in [2.45, 2.75) is 38.3 Å². The molecule has 1 aromatic carbocycles. The normalized spacial score (nSPS) is 23.0. The first kappa shape index (κ1) is 16.8. The van der Waals surface area contributed by atoms with Crippen molar-refractivity contribution >= 4 is 11.6 Å². The third-order valence-corrected chi connectivity index (χ3v) is 4.87. The lowest BCUT2D eigenvalue weighted by molar-refractivity contribution is 0.178. The molecule has 2 rings (SSSR count). The summed E-state index contributed by atoms with van der Waals surface area (Å²) in [5.41, 5.74) is 7.41. The van der Waals surface area contributed by atoms with Crippen LogP contribution in [-0.4, -0.2) is 49.1 Å². The largest absolute Gasteiger partial charge is 0.324 e. The van der Waals surface area contributed by atoms with Crippen molar-refractivity contribution < 1.29 is 0 Å². The average Bonchev–Trinajstić information content (AvgIpc) is 2.66. The molecule has 2 N–H and O–H groups in total. The van der Waals surface area contributed by atoms with Gasteiger partial charge in [0.1, 0.15) is 0 Å². The van der Waals surface area contributed by atoms with E-state index in [2.05, 4.69) is 23.8 Å². The van der Waals surface area contributed by atoms with Crippen molar-refractivity contribution in [3.05, 3.63) is 34.9 Å². The van der Waals surface area contributed by atoms with Crippen LogP contribution in [0.15, 0.2) is 24.3 Å². The van der Waals surface area contributed by atoms with Gasteiger partial charge in [-0.1, -0.05) is 36.7 Å². The highest BCUT2D eigenvalue weighted by atomic mass is 35.5. The summed E-state index contributed by atoms with van der Waals surface area (Å²) in [6, 6.07) is 8.60. The Morgan fingerprint density at radius 2 is 2.10 bits per heavy atom. The van der Waals surface area contributed by atoms with Gasteiger partial charge in [0, 0.05) is 30.2 Å². The summed E-state index contributed by atoms with van der Waals surface area (Å²) in [5.74, 6) is 0. The van der Waals surface area contributed by atoms with Gasteiger partial charge in [0.2, 0.25) is 0 Å². The van der Waals surface area contributed by atoms with Crippen LogP contribution in [-0.2, 0) is 0 Å². The molecule has 0 spiro atoms. The van der Waals surface area contributed by atoms with Gasteiger partial charge in [0.05, 0.1) is 0 Å². The Kier molecular flexibility index (Phi) is 6.49. The topological polar surface area (TPSA) is 32.5 Å². The van der Waals surface area contributed by atoms with Crippen molar-refractivity contribution in [2.24, 2.45) is 5.73 Å². The van der Waals surface area contributed by atoms with E-state index < -0.39 is 0 Å². The Balaban J connectivity index is 1.93. The minimum atomic E-state index is 0.0252. The lowest BCUT2D eigenvalue weighted by atomic mass is 10.0. The maximum absolute atomic E-state index is 6.34. The zero-order valence-corrected chi connectivity index (χ0v) is 14.0. The smallest absolute Gasteiger partial charge is 0.0453 e. The fourth-order valence-electron chi connectivity index (χ4n) is 3.21. The number of rotatable bonds is 5. The quantitative estimate of drug-likeness (QED) is 0.907. The van der Waals surface area contributed by atoms with E-state index >= 15 is 0 Å². The molecule has 0 bridgehead atoms. The number of nitrogens with zero attached hydrogens (tertiary/aromatic N) is 2. The number of hydrogen-bond donors (Lipinski definition) is 1. The van der Waals surface area contributed by atoms with Crippen LogP contribution in [0.25, 0.3) is 0 Å². The molecule has 0 aliphatic carbocycles. The first-order valence-corrected chi connectivity index (χ1v) is 8.42. The van der Waals surface area contributed by atoms with Gasteiger partial charge < -0.3 is 10.6 Å². The van der Waals surface area contributed by atoms with Crippen LogP contribution in [0.5, 0.6) is 0 Å².